The number of Topliss-reactive ketones (excluding diaryl/α,β-unsaturated/α-hetero) is 1. The van der Waals surface area contributed by atoms with E-state index in [4.69, 9.17) is 4.42 Å². The van der Waals surface area contributed by atoms with E-state index in [1.807, 2.05) is 30.3 Å². The first-order valence-corrected chi connectivity index (χ1v) is 6.30. The molecule has 0 aliphatic heterocycles. The van der Waals surface area contributed by atoms with E-state index in [1.54, 1.807) is 6.26 Å². The van der Waals surface area contributed by atoms with Gasteiger partial charge in [0.1, 0.15) is 5.76 Å². The molecule has 2 heteroatoms. The van der Waals surface area contributed by atoms with Crippen LogP contribution < -0.4 is 0 Å². The van der Waals surface area contributed by atoms with Crippen molar-refractivity contribution in [1.82, 2.24) is 0 Å². The van der Waals surface area contributed by atoms with Gasteiger partial charge in [-0.05, 0) is 12.0 Å². The molecule has 1 aromatic heterocycles. The minimum atomic E-state index is -0.0454. The van der Waals surface area contributed by atoms with Crippen molar-refractivity contribution in [2.45, 2.75) is 32.1 Å². The van der Waals surface area contributed by atoms with Gasteiger partial charge in [-0.1, -0.05) is 44.2 Å². The van der Waals surface area contributed by atoms with Crippen LogP contribution in [-0.4, -0.2) is 5.78 Å². The first-order valence-electron chi connectivity index (χ1n) is 6.30. The van der Waals surface area contributed by atoms with Crippen LogP contribution in [0.15, 0.2) is 41.0 Å². The van der Waals surface area contributed by atoms with Crippen LogP contribution >= 0.6 is 0 Å². The number of furan rings is 1. The van der Waals surface area contributed by atoms with Crippen molar-refractivity contribution in [2.24, 2.45) is 0 Å². The molecule has 0 N–H and O–H groups in total. The van der Waals surface area contributed by atoms with Gasteiger partial charge in [0.2, 0.25) is 0 Å². The van der Waals surface area contributed by atoms with E-state index in [-0.39, 0.29) is 11.2 Å². The monoisotopic (exact) mass is 240 g/mol. The molecule has 0 bridgehead atoms. The van der Waals surface area contributed by atoms with Gasteiger partial charge in [0.15, 0.2) is 5.78 Å². The highest BCUT2D eigenvalue weighted by Crippen LogP contribution is 2.42. The zero-order valence-corrected chi connectivity index (χ0v) is 10.7. The van der Waals surface area contributed by atoms with Crippen molar-refractivity contribution in [2.75, 3.05) is 0 Å². The summed E-state index contributed by atoms with van der Waals surface area (Å²) in [7, 11) is 0. The number of benzene rings is 1. The predicted molar refractivity (Wildman–Crippen MR) is 70.7 cm³/mol. The molecule has 2 nitrogen and oxygen atoms in total. The molecule has 2 aromatic rings. The summed E-state index contributed by atoms with van der Waals surface area (Å²) in [5.41, 5.74) is 2.73. The second-order valence-corrected chi connectivity index (χ2v) is 5.53. The SMILES string of the molecule is CC1(C)CCC(=O)c2c(-c3ccccc3)coc21. The number of hydrogen-bond donors (Lipinski definition) is 0. The molecule has 3 rings (SSSR count). The van der Waals surface area contributed by atoms with E-state index in [9.17, 15) is 4.79 Å². The zero-order valence-electron chi connectivity index (χ0n) is 10.7. The molecular weight excluding hydrogens is 224 g/mol. The van der Waals surface area contributed by atoms with Gasteiger partial charge in [-0.2, -0.15) is 0 Å². The van der Waals surface area contributed by atoms with E-state index in [1.165, 1.54) is 0 Å². The maximum absolute atomic E-state index is 12.2. The summed E-state index contributed by atoms with van der Waals surface area (Å²) in [6.07, 6.45) is 3.20. The minimum absolute atomic E-state index is 0.0454. The standard InChI is InChI=1S/C16H16O2/c1-16(2)9-8-13(17)14-12(10-18-15(14)16)11-6-4-3-5-7-11/h3-7,10H,8-9H2,1-2H3. The summed E-state index contributed by atoms with van der Waals surface area (Å²) < 4.78 is 5.71. The molecule has 0 fully saturated rings. The van der Waals surface area contributed by atoms with Gasteiger partial charge in [0.25, 0.3) is 0 Å². The molecule has 0 unspecified atom stereocenters. The third-order valence-corrected chi connectivity index (χ3v) is 3.75. The molecule has 0 amide bonds. The topological polar surface area (TPSA) is 30.2 Å². The summed E-state index contributed by atoms with van der Waals surface area (Å²) in [5.74, 6) is 1.05. The Kier molecular flexibility index (Phi) is 2.40. The molecule has 0 radical (unpaired) electrons. The van der Waals surface area contributed by atoms with Crippen LogP contribution in [-0.2, 0) is 5.41 Å². The Labute approximate surface area is 107 Å². The maximum atomic E-state index is 12.2. The highest BCUT2D eigenvalue weighted by atomic mass is 16.3. The average molecular weight is 240 g/mol. The van der Waals surface area contributed by atoms with Crippen molar-refractivity contribution < 1.29 is 9.21 Å². The highest BCUT2D eigenvalue weighted by Gasteiger charge is 2.37. The number of rotatable bonds is 1. The highest BCUT2D eigenvalue weighted by molar-refractivity contribution is 6.04. The lowest BCUT2D eigenvalue weighted by molar-refractivity contribution is 0.0949. The van der Waals surface area contributed by atoms with E-state index in [0.29, 0.717) is 6.42 Å². The Morgan fingerprint density at radius 1 is 1.17 bits per heavy atom. The van der Waals surface area contributed by atoms with Crippen LogP contribution in [0.25, 0.3) is 11.1 Å². The van der Waals surface area contributed by atoms with Gasteiger partial charge in [-0.25, -0.2) is 0 Å². The quantitative estimate of drug-likeness (QED) is 0.747. The lowest BCUT2D eigenvalue weighted by atomic mass is 9.75. The Bertz CT molecular complexity index is 591. The first kappa shape index (κ1) is 11.3. The lowest BCUT2D eigenvalue weighted by Gasteiger charge is -2.27. The summed E-state index contributed by atoms with van der Waals surface area (Å²) in [6, 6.07) is 9.96. The van der Waals surface area contributed by atoms with Crippen molar-refractivity contribution in [3.05, 3.63) is 47.9 Å². The van der Waals surface area contributed by atoms with E-state index < -0.39 is 0 Å². The Balaban J connectivity index is 2.21. The molecule has 0 spiro atoms. The third kappa shape index (κ3) is 1.60. The van der Waals surface area contributed by atoms with Crippen LogP contribution in [0.4, 0.5) is 0 Å². The fourth-order valence-corrected chi connectivity index (χ4v) is 2.63. The molecule has 0 saturated carbocycles. The second-order valence-electron chi connectivity index (χ2n) is 5.53. The number of carbonyl (C=O) groups is 1. The lowest BCUT2D eigenvalue weighted by Crippen LogP contribution is -2.26. The third-order valence-electron chi connectivity index (χ3n) is 3.75. The fourth-order valence-electron chi connectivity index (χ4n) is 2.63. The fraction of sp³-hybridized carbons (Fsp3) is 0.312. The second kappa shape index (κ2) is 3.84. The van der Waals surface area contributed by atoms with Crippen LogP contribution in [0.3, 0.4) is 0 Å². The molecule has 92 valence electrons. The minimum Gasteiger partial charge on any atom is -0.467 e. The van der Waals surface area contributed by atoms with Crippen molar-refractivity contribution in [3.63, 3.8) is 0 Å². The van der Waals surface area contributed by atoms with Gasteiger partial charge < -0.3 is 4.42 Å². The zero-order chi connectivity index (χ0) is 12.8. The largest absolute Gasteiger partial charge is 0.467 e. The normalized spacial score (nSPS) is 17.6. The van der Waals surface area contributed by atoms with Crippen LogP contribution in [0.1, 0.15) is 42.8 Å². The van der Waals surface area contributed by atoms with E-state index in [0.717, 1.165) is 28.9 Å². The maximum Gasteiger partial charge on any atom is 0.167 e. The van der Waals surface area contributed by atoms with Crippen molar-refractivity contribution in [3.8, 4) is 11.1 Å². The number of ketones is 1. The van der Waals surface area contributed by atoms with Gasteiger partial charge in [-0.15, -0.1) is 0 Å². The van der Waals surface area contributed by atoms with Gasteiger partial charge in [0, 0.05) is 17.4 Å². The Morgan fingerprint density at radius 3 is 2.61 bits per heavy atom. The number of carbonyl (C=O) groups excluding carboxylic acids is 1. The predicted octanol–water partition coefficient (Wildman–Crippen LogP) is 4.20. The van der Waals surface area contributed by atoms with Crippen LogP contribution in [0, 0.1) is 0 Å². The van der Waals surface area contributed by atoms with E-state index in [2.05, 4.69) is 13.8 Å². The number of hydrogen-bond acceptors (Lipinski definition) is 2. The van der Waals surface area contributed by atoms with Crippen LogP contribution in [0.5, 0.6) is 0 Å². The molecule has 1 aliphatic carbocycles. The molecule has 0 atom stereocenters. The van der Waals surface area contributed by atoms with Crippen molar-refractivity contribution in [1.29, 1.82) is 0 Å². The average Bonchev–Trinajstić information content (AvgIpc) is 2.82. The number of fused-ring (bicyclic) bond motifs is 1. The molecule has 18 heavy (non-hydrogen) atoms. The van der Waals surface area contributed by atoms with Gasteiger partial charge in [-0.3, -0.25) is 4.79 Å². The molecule has 0 saturated heterocycles. The summed E-state index contributed by atoms with van der Waals surface area (Å²) >= 11 is 0. The molecular formula is C16H16O2. The summed E-state index contributed by atoms with van der Waals surface area (Å²) in [6.45, 7) is 4.27. The van der Waals surface area contributed by atoms with Crippen LogP contribution in [0.2, 0.25) is 0 Å². The summed E-state index contributed by atoms with van der Waals surface area (Å²) in [5, 5.41) is 0. The van der Waals surface area contributed by atoms with E-state index >= 15 is 0 Å². The smallest absolute Gasteiger partial charge is 0.167 e. The molecule has 1 heterocycles. The molecule has 1 aromatic carbocycles. The van der Waals surface area contributed by atoms with Gasteiger partial charge in [0.05, 0.1) is 11.8 Å². The molecule has 1 aliphatic rings. The Morgan fingerprint density at radius 2 is 1.89 bits per heavy atom. The van der Waals surface area contributed by atoms with Gasteiger partial charge >= 0.3 is 0 Å². The summed E-state index contributed by atoms with van der Waals surface area (Å²) in [4.78, 5) is 12.2. The Hall–Kier alpha value is -1.83. The first-order chi connectivity index (χ1) is 8.59. The van der Waals surface area contributed by atoms with Crippen molar-refractivity contribution >= 4 is 5.78 Å².